The predicted molar refractivity (Wildman–Crippen MR) is 133 cm³/mol. The average Bonchev–Trinajstić information content (AvgIpc) is 3.36. The molecule has 1 aromatic heterocycles. The number of nitrogens with zero attached hydrogens (tertiary/aromatic N) is 3. The normalized spacial score (nSPS) is 14.2. The molecule has 1 saturated heterocycles. The van der Waals surface area contributed by atoms with E-state index in [4.69, 9.17) is 20.4 Å². The molecule has 0 unspecified atom stereocenters. The van der Waals surface area contributed by atoms with E-state index < -0.39 is 10.3 Å². The molecule has 2 aromatic carbocycles. The van der Waals surface area contributed by atoms with Crippen LogP contribution in [0.4, 0.5) is 11.8 Å². The molecule has 0 amide bonds. The summed E-state index contributed by atoms with van der Waals surface area (Å²) < 4.78 is 39.1. The number of aromatic nitrogens is 2. The van der Waals surface area contributed by atoms with E-state index in [1.807, 2.05) is 13.0 Å². The summed E-state index contributed by atoms with van der Waals surface area (Å²) in [5.41, 5.74) is 14.2. The molecule has 11 heteroatoms. The van der Waals surface area contributed by atoms with E-state index in [0.717, 1.165) is 24.0 Å². The van der Waals surface area contributed by atoms with Gasteiger partial charge in [-0.2, -0.15) is 17.7 Å². The van der Waals surface area contributed by atoms with Gasteiger partial charge in [0.1, 0.15) is 17.3 Å². The minimum Gasteiger partial charge on any atom is -0.508 e. The molecule has 0 radical (unpaired) electrons. The van der Waals surface area contributed by atoms with Gasteiger partial charge in [0.2, 0.25) is 5.95 Å². The van der Waals surface area contributed by atoms with Crippen molar-refractivity contribution in [3.8, 4) is 28.4 Å². The van der Waals surface area contributed by atoms with Crippen LogP contribution in [0.25, 0.3) is 11.1 Å². The zero-order chi connectivity index (χ0) is 25.0. The molecule has 35 heavy (non-hydrogen) atoms. The Morgan fingerprint density at radius 2 is 1.74 bits per heavy atom. The third-order valence-electron chi connectivity index (χ3n) is 5.76. The number of rotatable bonds is 9. The molecule has 0 aliphatic carbocycles. The summed E-state index contributed by atoms with van der Waals surface area (Å²) >= 11 is 0. The van der Waals surface area contributed by atoms with Crippen LogP contribution in [0, 0.1) is 0 Å². The van der Waals surface area contributed by atoms with E-state index in [0.29, 0.717) is 55.2 Å². The Morgan fingerprint density at radius 1 is 1.06 bits per heavy atom. The maximum absolute atomic E-state index is 13.1. The number of hydrogen-bond acceptors (Lipinski definition) is 9. The summed E-state index contributed by atoms with van der Waals surface area (Å²) in [6.07, 6.45) is 4.19. The third-order valence-corrected chi connectivity index (χ3v) is 7.15. The van der Waals surface area contributed by atoms with Crippen LogP contribution in [0.5, 0.6) is 17.2 Å². The van der Waals surface area contributed by atoms with Crippen molar-refractivity contribution in [3.63, 3.8) is 0 Å². The number of benzene rings is 2. The molecule has 2 heterocycles. The molecule has 0 atom stereocenters. The number of ether oxygens (including phenoxy) is 1. The molecular weight excluding hydrogens is 470 g/mol. The predicted octanol–water partition coefficient (Wildman–Crippen LogP) is 2.92. The molecule has 3 aromatic rings. The number of anilines is 2. The van der Waals surface area contributed by atoms with E-state index in [-0.39, 0.29) is 17.4 Å². The van der Waals surface area contributed by atoms with Gasteiger partial charge in [-0.25, -0.2) is 4.98 Å². The Bertz CT molecular complexity index is 1290. The fraction of sp³-hybridized carbons (Fsp3) is 0.333. The Morgan fingerprint density at radius 3 is 2.40 bits per heavy atom. The van der Waals surface area contributed by atoms with Gasteiger partial charge in [-0.3, -0.25) is 0 Å². The van der Waals surface area contributed by atoms with Gasteiger partial charge in [-0.1, -0.05) is 12.1 Å². The molecule has 1 aliphatic heterocycles. The molecule has 10 nitrogen and oxygen atoms in total. The first-order chi connectivity index (χ1) is 16.8. The number of phenolic OH excluding ortho intramolecular Hbond substituents is 1. The van der Waals surface area contributed by atoms with Gasteiger partial charge in [0, 0.05) is 24.8 Å². The molecular formula is C24H29N5O5S. The number of aryl methyl sites for hydroxylation is 2. The number of aromatic hydroxyl groups is 1. The molecule has 186 valence electrons. The monoisotopic (exact) mass is 499 g/mol. The molecule has 1 fully saturated rings. The maximum Gasteiger partial charge on any atom is 0.385 e. The van der Waals surface area contributed by atoms with E-state index in [1.54, 1.807) is 24.4 Å². The maximum atomic E-state index is 13.1. The summed E-state index contributed by atoms with van der Waals surface area (Å²) in [4.78, 5) is 8.00. The van der Waals surface area contributed by atoms with Crippen LogP contribution in [0.3, 0.4) is 0 Å². The van der Waals surface area contributed by atoms with Crippen LogP contribution in [0.1, 0.15) is 30.9 Å². The summed E-state index contributed by atoms with van der Waals surface area (Å²) in [6, 6.07) is 9.99. The van der Waals surface area contributed by atoms with Crippen LogP contribution in [0.2, 0.25) is 0 Å². The summed E-state index contributed by atoms with van der Waals surface area (Å²) in [5.74, 6) is 1.13. The van der Waals surface area contributed by atoms with Gasteiger partial charge < -0.3 is 25.5 Å². The van der Waals surface area contributed by atoms with Crippen molar-refractivity contribution in [1.29, 1.82) is 0 Å². The number of nitrogens with two attached hydrogens (primary N) is 2. The first-order valence-electron chi connectivity index (χ1n) is 11.4. The summed E-state index contributed by atoms with van der Waals surface area (Å²) in [7, 11) is -4.00. The molecule has 0 saturated carbocycles. The molecule has 1 aliphatic rings. The Labute approximate surface area is 204 Å². The van der Waals surface area contributed by atoms with Crippen molar-refractivity contribution in [3.05, 3.63) is 53.7 Å². The molecule has 4 rings (SSSR count). The zero-order valence-electron chi connectivity index (χ0n) is 19.5. The SMILES string of the molecule is CCOc1cc(CCc2cnc(N)nc2N)cc(OS(=O)(=O)N2CCCC2)c1-c1ccc(O)cc1. The van der Waals surface area contributed by atoms with Crippen LogP contribution in [-0.2, 0) is 23.1 Å². The van der Waals surface area contributed by atoms with E-state index in [9.17, 15) is 13.5 Å². The van der Waals surface area contributed by atoms with Crippen molar-refractivity contribution in [2.75, 3.05) is 31.2 Å². The van der Waals surface area contributed by atoms with Gasteiger partial charge in [-0.15, -0.1) is 0 Å². The lowest BCUT2D eigenvalue weighted by molar-refractivity contribution is 0.339. The fourth-order valence-corrected chi connectivity index (χ4v) is 5.19. The molecule has 5 N–H and O–H groups in total. The average molecular weight is 500 g/mol. The van der Waals surface area contributed by atoms with E-state index in [1.165, 1.54) is 16.4 Å². The van der Waals surface area contributed by atoms with Crippen molar-refractivity contribution in [2.24, 2.45) is 0 Å². The second kappa shape index (κ2) is 10.4. The smallest absolute Gasteiger partial charge is 0.385 e. The standard InChI is InChI=1S/C24H29N5O5S/c1-2-33-20-13-16(5-6-18-15-27-24(26)28-23(18)25)14-21(22(20)17-7-9-19(30)10-8-17)34-35(31,32)29-11-3-4-12-29/h7-10,13-15,30H,2-6,11-12H2,1H3,(H4,25,26,27,28). The topological polar surface area (TPSA) is 154 Å². The first kappa shape index (κ1) is 24.6. The van der Waals surface area contributed by atoms with Crippen molar-refractivity contribution in [1.82, 2.24) is 14.3 Å². The van der Waals surface area contributed by atoms with Crippen molar-refractivity contribution in [2.45, 2.75) is 32.6 Å². The lowest BCUT2D eigenvalue weighted by Gasteiger charge is -2.20. The first-order valence-corrected chi connectivity index (χ1v) is 12.8. The van der Waals surface area contributed by atoms with Crippen molar-refractivity contribution < 1.29 is 22.4 Å². The van der Waals surface area contributed by atoms with Gasteiger partial charge in [0.05, 0.1) is 12.2 Å². The molecule has 0 bridgehead atoms. The van der Waals surface area contributed by atoms with Gasteiger partial charge in [0.15, 0.2) is 5.75 Å². The summed E-state index contributed by atoms with van der Waals surface area (Å²) in [5, 5.41) is 9.74. The molecule has 0 spiro atoms. The Balaban J connectivity index is 1.75. The number of phenols is 1. The van der Waals surface area contributed by atoms with Gasteiger partial charge in [-0.05, 0) is 68.0 Å². The Hall–Kier alpha value is -3.57. The van der Waals surface area contributed by atoms with Crippen LogP contribution < -0.4 is 20.4 Å². The second-order valence-corrected chi connectivity index (χ2v) is 9.77. The van der Waals surface area contributed by atoms with E-state index >= 15 is 0 Å². The minimum atomic E-state index is -4.00. The highest BCUT2D eigenvalue weighted by Gasteiger charge is 2.29. The highest BCUT2D eigenvalue weighted by Crippen LogP contribution is 2.41. The van der Waals surface area contributed by atoms with Gasteiger partial charge >= 0.3 is 10.3 Å². The second-order valence-electron chi connectivity index (χ2n) is 8.23. The quantitative estimate of drug-likeness (QED) is 0.403. The number of nitrogen functional groups attached to an aromatic ring is 2. The number of hydrogen-bond donors (Lipinski definition) is 3. The van der Waals surface area contributed by atoms with Crippen LogP contribution in [-0.4, -0.2) is 47.5 Å². The third kappa shape index (κ3) is 5.75. The summed E-state index contributed by atoms with van der Waals surface area (Å²) in [6.45, 7) is 3.06. The zero-order valence-corrected chi connectivity index (χ0v) is 20.3. The largest absolute Gasteiger partial charge is 0.508 e. The highest BCUT2D eigenvalue weighted by molar-refractivity contribution is 7.84. The lowest BCUT2D eigenvalue weighted by Crippen LogP contribution is -2.32. The van der Waals surface area contributed by atoms with E-state index in [2.05, 4.69) is 9.97 Å². The minimum absolute atomic E-state index is 0.0961. The highest BCUT2D eigenvalue weighted by atomic mass is 32.2. The fourth-order valence-electron chi connectivity index (χ4n) is 4.02. The van der Waals surface area contributed by atoms with Crippen LogP contribution >= 0.6 is 0 Å². The van der Waals surface area contributed by atoms with Gasteiger partial charge in [0.25, 0.3) is 0 Å². The van der Waals surface area contributed by atoms with Crippen molar-refractivity contribution >= 4 is 22.1 Å². The lowest BCUT2D eigenvalue weighted by atomic mass is 9.98. The Kier molecular flexibility index (Phi) is 7.27. The van der Waals surface area contributed by atoms with Crippen LogP contribution in [0.15, 0.2) is 42.6 Å².